The average Bonchev–Trinajstić information content (AvgIpc) is 2.39. The van der Waals surface area contributed by atoms with Gasteiger partial charge in [0.05, 0.1) is 6.04 Å². The van der Waals surface area contributed by atoms with Crippen molar-refractivity contribution in [1.82, 2.24) is 10.2 Å². The fraction of sp³-hybridized carbons (Fsp3) is 0.909. The minimum atomic E-state index is 0.115. The Morgan fingerprint density at radius 3 is 3.00 bits per heavy atom. The van der Waals surface area contributed by atoms with Crippen molar-refractivity contribution < 1.29 is 4.79 Å². The van der Waals surface area contributed by atoms with Crippen LogP contribution in [0.3, 0.4) is 0 Å². The van der Waals surface area contributed by atoms with Crippen molar-refractivity contribution in [2.24, 2.45) is 0 Å². The van der Waals surface area contributed by atoms with E-state index < -0.39 is 0 Å². The second kappa shape index (κ2) is 6.02. The van der Waals surface area contributed by atoms with E-state index in [2.05, 4.69) is 24.2 Å². The van der Waals surface area contributed by atoms with Gasteiger partial charge in [0, 0.05) is 6.54 Å². The van der Waals surface area contributed by atoms with E-state index in [1.54, 1.807) is 0 Å². The summed E-state index contributed by atoms with van der Waals surface area (Å²) in [6, 6.07) is 0.115. The normalized spacial score (nSPS) is 23.4. The van der Waals surface area contributed by atoms with Gasteiger partial charge in [-0.25, -0.2) is 0 Å². The van der Waals surface area contributed by atoms with Gasteiger partial charge in [-0.3, -0.25) is 9.69 Å². The van der Waals surface area contributed by atoms with Gasteiger partial charge in [0.25, 0.3) is 0 Å². The number of likely N-dealkylation sites (N-methyl/N-ethyl adjacent to an activating group) is 1. The maximum atomic E-state index is 11.7. The molecule has 0 aromatic rings. The van der Waals surface area contributed by atoms with E-state index in [9.17, 15) is 4.79 Å². The highest BCUT2D eigenvalue weighted by Gasteiger charge is 2.23. The SMILES string of the molecule is CCCCN(C)C1CCCCNC1=O. The molecule has 3 heteroatoms. The average molecular weight is 198 g/mol. The summed E-state index contributed by atoms with van der Waals surface area (Å²) >= 11 is 0. The summed E-state index contributed by atoms with van der Waals surface area (Å²) in [6.07, 6.45) is 5.69. The molecule has 0 aromatic carbocycles. The molecule has 1 saturated heterocycles. The van der Waals surface area contributed by atoms with Gasteiger partial charge in [-0.2, -0.15) is 0 Å². The fourth-order valence-electron chi connectivity index (χ4n) is 1.91. The summed E-state index contributed by atoms with van der Waals surface area (Å²) in [5, 5.41) is 2.97. The Morgan fingerprint density at radius 2 is 2.29 bits per heavy atom. The van der Waals surface area contributed by atoms with Crippen LogP contribution in [0, 0.1) is 0 Å². The molecule has 0 bridgehead atoms. The van der Waals surface area contributed by atoms with E-state index in [1.807, 2.05) is 0 Å². The minimum absolute atomic E-state index is 0.115. The molecule has 1 N–H and O–H groups in total. The fourth-order valence-corrected chi connectivity index (χ4v) is 1.91. The van der Waals surface area contributed by atoms with Crippen LogP contribution in [-0.2, 0) is 4.79 Å². The quantitative estimate of drug-likeness (QED) is 0.740. The molecule has 1 heterocycles. The molecule has 0 radical (unpaired) electrons. The van der Waals surface area contributed by atoms with E-state index in [1.165, 1.54) is 19.3 Å². The Bertz CT molecular complexity index is 182. The zero-order valence-corrected chi connectivity index (χ0v) is 9.38. The van der Waals surface area contributed by atoms with Crippen LogP contribution in [0.2, 0.25) is 0 Å². The molecule has 1 unspecified atom stereocenters. The van der Waals surface area contributed by atoms with Crippen molar-refractivity contribution in [3.05, 3.63) is 0 Å². The van der Waals surface area contributed by atoms with E-state index >= 15 is 0 Å². The van der Waals surface area contributed by atoms with E-state index in [-0.39, 0.29) is 11.9 Å². The lowest BCUT2D eigenvalue weighted by atomic mass is 10.1. The van der Waals surface area contributed by atoms with Crippen LogP contribution in [0.25, 0.3) is 0 Å². The van der Waals surface area contributed by atoms with E-state index in [4.69, 9.17) is 0 Å². The molecule has 3 nitrogen and oxygen atoms in total. The van der Waals surface area contributed by atoms with Crippen LogP contribution < -0.4 is 5.32 Å². The van der Waals surface area contributed by atoms with E-state index in [0.29, 0.717) is 0 Å². The summed E-state index contributed by atoms with van der Waals surface area (Å²) in [5.41, 5.74) is 0. The molecule has 1 amide bonds. The van der Waals surface area contributed by atoms with Gasteiger partial charge in [-0.05, 0) is 39.3 Å². The molecular weight excluding hydrogens is 176 g/mol. The molecule has 0 saturated carbocycles. The lowest BCUT2D eigenvalue weighted by Crippen LogP contribution is -2.44. The van der Waals surface area contributed by atoms with Crippen LogP contribution in [-0.4, -0.2) is 37.0 Å². The Balaban J connectivity index is 2.41. The van der Waals surface area contributed by atoms with Gasteiger partial charge >= 0.3 is 0 Å². The predicted molar refractivity (Wildman–Crippen MR) is 58.2 cm³/mol. The topological polar surface area (TPSA) is 32.3 Å². The van der Waals surface area contributed by atoms with Crippen molar-refractivity contribution in [3.63, 3.8) is 0 Å². The maximum Gasteiger partial charge on any atom is 0.237 e. The molecule has 1 atom stereocenters. The van der Waals surface area contributed by atoms with Gasteiger partial charge in [0.1, 0.15) is 0 Å². The third-order valence-electron chi connectivity index (χ3n) is 2.90. The lowest BCUT2D eigenvalue weighted by Gasteiger charge is -2.25. The summed E-state index contributed by atoms with van der Waals surface area (Å²) in [4.78, 5) is 13.9. The second-order valence-corrected chi connectivity index (χ2v) is 4.14. The Labute approximate surface area is 86.9 Å². The number of nitrogens with one attached hydrogen (secondary N) is 1. The number of nitrogens with zero attached hydrogens (tertiary/aromatic N) is 1. The Morgan fingerprint density at radius 1 is 1.50 bits per heavy atom. The predicted octanol–water partition coefficient (Wildman–Crippen LogP) is 1.39. The number of carbonyl (C=O) groups is 1. The third kappa shape index (κ3) is 3.29. The highest BCUT2D eigenvalue weighted by Crippen LogP contribution is 2.11. The van der Waals surface area contributed by atoms with Gasteiger partial charge < -0.3 is 5.32 Å². The lowest BCUT2D eigenvalue weighted by molar-refractivity contribution is -0.125. The number of carbonyl (C=O) groups excluding carboxylic acids is 1. The number of amides is 1. The molecule has 0 aromatic heterocycles. The molecule has 14 heavy (non-hydrogen) atoms. The highest BCUT2D eigenvalue weighted by molar-refractivity contribution is 5.81. The van der Waals surface area contributed by atoms with Crippen LogP contribution in [0.15, 0.2) is 0 Å². The number of hydrogen-bond acceptors (Lipinski definition) is 2. The number of hydrogen-bond donors (Lipinski definition) is 1. The van der Waals surface area contributed by atoms with Gasteiger partial charge in [0.2, 0.25) is 5.91 Å². The second-order valence-electron chi connectivity index (χ2n) is 4.14. The number of rotatable bonds is 4. The number of unbranched alkanes of at least 4 members (excludes halogenated alkanes) is 1. The van der Waals surface area contributed by atoms with Gasteiger partial charge in [-0.15, -0.1) is 0 Å². The highest BCUT2D eigenvalue weighted by atomic mass is 16.2. The van der Waals surface area contributed by atoms with Crippen LogP contribution in [0.5, 0.6) is 0 Å². The first-order chi connectivity index (χ1) is 6.75. The van der Waals surface area contributed by atoms with Crippen molar-refractivity contribution >= 4 is 5.91 Å². The van der Waals surface area contributed by atoms with Crippen molar-refractivity contribution in [3.8, 4) is 0 Å². The van der Waals surface area contributed by atoms with Crippen LogP contribution >= 0.6 is 0 Å². The minimum Gasteiger partial charge on any atom is -0.355 e. The molecule has 1 aliphatic rings. The Hall–Kier alpha value is -0.570. The van der Waals surface area contributed by atoms with Crippen LogP contribution in [0.4, 0.5) is 0 Å². The smallest absolute Gasteiger partial charge is 0.237 e. The van der Waals surface area contributed by atoms with Gasteiger partial charge in [-0.1, -0.05) is 13.3 Å². The monoisotopic (exact) mass is 198 g/mol. The third-order valence-corrected chi connectivity index (χ3v) is 2.90. The molecule has 0 aliphatic carbocycles. The molecule has 0 spiro atoms. The standard InChI is InChI=1S/C11H22N2O/c1-3-4-9-13(2)10-7-5-6-8-12-11(10)14/h10H,3-9H2,1-2H3,(H,12,14). The molecule has 1 aliphatic heterocycles. The summed E-state index contributed by atoms with van der Waals surface area (Å²) < 4.78 is 0. The molecular formula is C11H22N2O. The summed E-state index contributed by atoms with van der Waals surface area (Å²) in [5.74, 6) is 0.223. The molecule has 1 fully saturated rings. The first-order valence-corrected chi connectivity index (χ1v) is 5.73. The zero-order chi connectivity index (χ0) is 10.4. The first kappa shape index (κ1) is 11.5. The molecule has 82 valence electrons. The first-order valence-electron chi connectivity index (χ1n) is 5.73. The van der Waals surface area contributed by atoms with Crippen LogP contribution in [0.1, 0.15) is 39.0 Å². The summed E-state index contributed by atoms with van der Waals surface area (Å²) in [6.45, 7) is 4.08. The largest absolute Gasteiger partial charge is 0.355 e. The van der Waals surface area contributed by atoms with Crippen molar-refractivity contribution in [2.45, 2.75) is 45.1 Å². The van der Waals surface area contributed by atoms with Crippen molar-refractivity contribution in [1.29, 1.82) is 0 Å². The maximum absolute atomic E-state index is 11.7. The Kier molecular flexibility index (Phi) is 4.94. The summed E-state index contributed by atoms with van der Waals surface area (Å²) in [7, 11) is 2.06. The van der Waals surface area contributed by atoms with Gasteiger partial charge in [0.15, 0.2) is 0 Å². The van der Waals surface area contributed by atoms with E-state index in [0.717, 1.165) is 25.9 Å². The zero-order valence-electron chi connectivity index (χ0n) is 9.38. The van der Waals surface area contributed by atoms with Crippen molar-refractivity contribution in [2.75, 3.05) is 20.1 Å². The molecule has 1 rings (SSSR count).